The van der Waals surface area contributed by atoms with E-state index < -0.39 is 0 Å². The summed E-state index contributed by atoms with van der Waals surface area (Å²) in [7, 11) is 0. The summed E-state index contributed by atoms with van der Waals surface area (Å²) in [4.78, 5) is 18.5. The molecule has 7 nitrogen and oxygen atoms in total. The third-order valence-electron chi connectivity index (χ3n) is 3.76. The highest BCUT2D eigenvalue weighted by Gasteiger charge is 2.25. The van der Waals surface area contributed by atoms with Gasteiger partial charge in [0.2, 0.25) is 0 Å². The van der Waals surface area contributed by atoms with Crippen LogP contribution in [0, 0.1) is 0 Å². The molecule has 1 fully saturated rings. The van der Waals surface area contributed by atoms with Crippen LogP contribution in [0.3, 0.4) is 0 Å². The lowest BCUT2D eigenvalue weighted by atomic mass is 10.1. The summed E-state index contributed by atoms with van der Waals surface area (Å²) < 4.78 is 7.30. The zero-order chi connectivity index (χ0) is 14.7. The van der Waals surface area contributed by atoms with Crippen molar-refractivity contribution in [3.63, 3.8) is 0 Å². The van der Waals surface area contributed by atoms with Crippen molar-refractivity contribution in [1.82, 2.24) is 19.5 Å². The average molecular weight is 289 g/mol. The molecule has 7 heteroatoms. The predicted octanol–water partition coefficient (Wildman–Crippen LogP) is 0.309. The van der Waals surface area contributed by atoms with Crippen LogP contribution in [0.1, 0.15) is 23.2 Å². The number of nitrogens with two attached hydrogens (primary N) is 1. The zero-order valence-corrected chi connectivity index (χ0v) is 11.8. The van der Waals surface area contributed by atoms with E-state index in [4.69, 9.17) is 10.5 Å². The first-order valence-electron chi connectivity index (χ1n) is 7.18. The summed E-state index contributed by atoms with van der Waals surface area (Å²) in [5, 5.41) is 4.18. The van der Waals surface area contributed by atoms with Gasteiger partial charge < -0.3 is 15.4 Å². The molecule has 0 aliphatic carbocycles. The molecule has 2 aromatic rings. The van der Waals surface area contributed by atoms with Crippen LogP contribution in [-0.4, -0.2) is 57.8 Å². The van der Waals surface area contributed by atoms with Gasteiger partial charge in [0, 0.05) is 32.0 Å². The van der Waals surface area contributed by atoms with Gasteiger partial charge in [-0.1, -0.05) is 0 Å². The van der Waals surface area contributed by atoms with E-state index in [1.807, 2.05) is 4.90 Å². The lowest BCUT2D eigenvalue weighted by Gasteiger charge is -2.31. The van der Waals surface area contributed by atoms with Crippen LogP contribution in [0.15, 0.2) is 24.8 Å². The van der Waals surface area contributed by atoms with E-state index in [0.717, 1.165) is 18.4 Å². The first-order chi connectivity index (χ1) is 10.3. The van der Waals surface area contributed by atoms with Crippen molar-refractivity contribution >= 4 is 11.4 Å². The van der Waals surface area contributed by atoms with Crippen LogP contribution in [-0.2, 0) is 4.74 Å². The van der Waals surface area contributed by atoms with Crippen LogP contribution in [0.4, 0.5) is 0 Å². The van der Waals surface area contributed by atoms with E-state index in [1.165, 1.54) is 0 Å². The third-order valence-corrected chi connectivity index (χ3v) is 3.76. The Hall–Kier alpha value is -1.99. The Bertz CT molecular complexity index is 619. The minimum Gasteiger partial charge on any atom is -0.377 e. The molecule has 0 radical (unpaired) electrons. The highest BCUT2D eigenvalue weighted by atomic mass is 16.5. The van der Waals surface area contributed by atoms with E-state index in [1.54, 1.807) is 29.3 Å². The van der Waals surface area contributed by atoms with Crippen molar-refractivity contribution in [1.29, 1.82) is 0 Å². The quantitative estimate of drug-likeness (QED) is 0.875. The summed E-state index contributed by atoms with van der Waals surface area (Å²) >= 11 is 0. The van der Waals surface area contributed by atoms with Crippen LogP contribution < -0.4 is 5.73 Å². The van der Waals surface area contributed by atoms with Crippen molar-refractivity contribution in [3.8, 4) is 0 Å². The van der Waals surface area contributed by atoms with Gasteiger partial charge in [-0.05, 0) is 12.8 Å². The van der Waals surface area contributed by atoms with Crippen LogP contribution in [0.25, 0.3) is 5.52 Å². The maximum absolute atomic E-state index is 12.6. The van der Waals surface area contributed by atoms with E-state index in [0.29, 0.717) is 31.8 Å². The molecule has 0 unspecified atom stereocenters. The van der Waals surface area contributed by atoms with Crippen molar-refractivity contribution in [2.24, 2.45) is 5.73 Å². The van der Waals surface area contributed by atoms with Gasteiger partial charge in [0.05, 0.1) is 36.2 Å². The normalized spacial score (nSPS) is 16.5. The van der Waals surface area contributed by atoms with E-state index >= 15 is 0 Å². The molecule has 1 aliphatic heterocycles. The van der Waals surface area contributed by atoms with Crippen LogP contribution in [0.5, 0.6) is 0 Å². The Morgan fingerprint density at radius 2 is 2.19 bits per heavy atom. The molecular weight excluding hydrogens is 270 g/mol. The molecule has 2 N–H and O–H groups in total. The molecule has 1 saturated heterocycles. The Morgan fingerprint density at radius 3 is 2.95 bits per heavy atom. The van der Waals surface area contributed by atoms with Crippen molar-refractivity contribution in [3.05, 3.63) is 30.4 Å². The van der Waals surface area contributed by atoms with Crippen LogP contribution >= 0.6 is 0 Å². The topological polar surface area (TPSA) is 85.8 Å². The fraction of sp³-hybridized carbons (Fsp3) is 0.500. The fourth-order valence-corrected chi connectivity index (χ4v) is 2.63. The maximum atomic E-state index is 12.6. The molecule has 0 spiro atoms. The number of carbonyl (C=O) groups is 1. The number of likely N-dealkylation sites (tertiary alicyclic amines) is 1. The Balaban J connectivity index is 1.67. The van der Waals surface area contributed by atoms with Crippen molar-refractivity contribution in [2.45, 2.75) is 18.9 Å². The molecule has 112 valence electrons. The molecular formula is C14H19N5O2. The van der Waals surface area contributed by atoms with Crippen molar-refractivity contribution in [2.75, 3.05) is 26.2 Å². The third kappa shape index (κ3) is 2.88. The van der Waals surface area contributed by atoms with Crippen molar-refractivity contribution < 1.29 is 9.53 Å². The average Bonchev–Trinajstić information content (AvgIpc) is 2.97. The van der Waals surface area contributed by atoms with Gasteiger partial charge in [-0.2, -0.15) is 5.10 Å². The second-order valence-corrected chi connectivity index (χ2v) is 5.12. The van der Waals surface area contributed by atoms with Gasteiger partial charge in [0.25, 0.3) is 5.91 Å². The largest absolute Gasteiger partial charge is 0.377 e. The van der Waals surface area contributed by atoms with E-state index in [-0.39, 0.29) is 12.0 Å². The van der Waals surface area contributed by atoms with E-state index in [9.17, 15) is 4.79 Å². The van der Waals surface area contributed by atoms with Gasteiger partial charge in [0.1, 0.15) is 0 Å². The smallest absolute Gasteiger partial charge is 0.257 e. The van der Waals surface area contributed by atoms with Gasteiger partial charge in [-0.15, -0.1) is 0 Å². The molecule has 21 heavy (non-hydrogen) atoms. The molecule has 1 aliphatic rings. The van der Waals surface area contributed by atoms with Gasteiger partial charge in [-0.25, -0.2) is 4.52 Å². The molecule has 1 amide bonds. The summed E-state index contributed by atoms with van der Waals surface area (Å²) in [6.45, 7) is 2.52. The standard InChI is InChI=1S/C14H19N5O2/c15-3-8-21-11-1-5-18(6-2-11)14(20)12-9-17-19-7-4-16-10-13(12)19/h4,7,9-11H,1-3,5-6,8,15H2. The second kappa shape index (κ2) is 6.19. The summed E-state index contributed by atoms with van der Waals surface area (Å²) in [5.41, 5.74) is 6.77. The number of rotatable bonds is 4. The number of aromatic nitrogens is 3. The Labute approximate surface area is 122 Å². The SMILES string of the molecule is NCCOC1CCN(C(=O)c2cnn3ccncc23)CC1. The highest BCUT2D eigenvalue weighted by Crippen LogP contribution is 2.18. The lowest BCUT2D eigenvalue weighted by Crippen LogP contribution is -2.41. The Morgan fingerprint density at radius 1 is 1.38 bits per heavy atom. The monoisotopic (exact) mass is 289 g/mol. The minimum atomic E-state index is 0.00951. The molecule has 3 rings (SSSR count). The Kier molecular flexibility index (Phi) is 4.12. The first kappa shape index (κ1) is 14.0. The number of fused-ring (bicyclic) bond motifs is 1. The fourth-order valence-electron chi connectivity index (χ4n) is 2.63. The zero-order valence-electron chi connectivity index (χ0n) is 11.8. The summed E-state index contributed by atoms with van der Waals surface area (Å²) in [5.74, 6) is 0.00951. The first-order valence-corrected chi connectivity index (χ1v) is 7.18. The highest BCUT2D eigenvalue weighted by molar-refractivity contribution is 6.00. The summed E-state index contributed by atoms with van der Waals surface area (Å²) in [6, 6.07) is 0. The van der Waals surface area contributed by atoms with Gasteiger partial charge in [-0.3, -0.25) is 9.78 Å². The second-order valence-electron chi connectivity index (χ2n) is 5.12. The van der Waals surface area contributed by atoms with Gasteiger partial charge >= 0.3 is 0 Å². The number of amides is 1. The molecule has 0 bridgehead atoms. The molecule has 2 aromatic heterocycles. The van der Waals surface area contributed by atoms with Gasteiger partial charge in [0.15, 0.2) is 0 Å². The number of hydrogen-bond donors (Lipinski definition) is 1. The summed E-state index contributed by atoms with van der Waals surface area (Å²) in [6.07, 6.45) is 8.57. The minimum absolute atomic E-state index is 0.00951. The number of hydrogen-bond acceptors (Lipinski definition) is 5. The van der Waals surface area contributed by atoms with Crippen LogP contribution in [0.2, 0.25) is 0 Å². The number of nitrogens with zero attached hydrogens (tertiary/aromatic N) is 4. The number of carbonyl (C=O) groups excluding carboxylic acids is 1. The molecule has 3 heterocycles. The predicted molar refractivity (Wildman–Crippen MR) is 76.9 cm³/mol. The molecule has 0 saturated carbocycles. The number of ether oxygens (including phenoxy) is 1. The van der Waals surface area contributed by atoms with E-state index in [2.05, 4.69) is 10.1 Å². The maximum Gasteiger partial charge on any atom is 0.257 e. The molecule has 0 aromatic carbocycles. The lowest BCUT2D eigenvalue weighted by molar-refractivity contribution is 0.0122. The number of piperidine rings is 1. The molecule has 0 atom stereocenters.